The Morgan fingerprint density at radius 1 is 1.18 bits per heavy atom. The van der Waals surface area contributed by atoms with Gasteiger partial charge in [-0.1, -0.05) is 36.4 Å². The molecule has 2 rings (SSSR count). The maximum absolute atomic E-state index is 2.30. The molecule has 0 saturated carbocycles. The van der Waals surface area contributed by atoms with Crippen LogP contribution in [0.25, 0.3) is 6.08 Å². The van der Waals surface area contributed by atoms with Crippen LogP contribution in [0.15, 0.2) is 30.3 Å². The van der Waals surface area contributed by atoms with Crippen molar-refractivity contribution in [1.82, 2.24) is 0 Å². The van der Waals surface area contributed by atoms with Gasteiger partial charge in [0.1, 0.15) is 0 Å². The van der Waals surface area contributed by atoms with Crippen LogP contribution in [0.2, 0.25) is 0 Å². The Hall–Kier alpha value is 0.177. The van der Waals surface area contributed by atoms with E-state index in [1.165, 1.54) is 21.4 Å². The van der Waals surface area contributed by atoms with Crippen molar-refractivity contribution >= 4 is 45.9 Å². The van der Waals surface area contributed by atoms with Crippen LogP contribution in [0.3, 0.4) is 0 Å². The Balaban J connectivity index is 0.000000605. The number of benzene rings is 1. The molecule has 0 aliphatic heterocycles. The van der Waals surface area contributed by atoms with Gasteiger partial charge in [0.25, 0.3) is 0 Å². The van der Waals surface area contributed by atoms with E-state index < -0.39 is 0 Å². The molecular formula is C9H11NaSi. The monoisotopic (exact) mass is 170 g/mol. The number of hydrogen-bond donors (Lipinski definition) is 0. The molecular weight excluding hydrogens is 159 g/mol. The number of fused-ring (bicyclic) bond motifs is 1. The van der Waals surface area contributed by atoms with Crippen LogP contribution in [0.1, 0.15) is 16.7 Å². The van der Waals surface area contributed by atoms with Crippen molar-refractivity contribution in [2.45, 2.75) is 5.54 Å². The van der Waals surface area contributed by atoms with Gasteiger partial charge in [0.2, 0.25) is 0 Å². The van der Waals surface area contributed by atoms with Crippen molar-refractivity contribution in [3.05, 3.63) is 41.5 Å². The van der Waals surface area contributed by atoms with Gasteiger partial charge in [0, 0.05) is 10.2 Å². The summed E-state index contributed by atoms with van der Waals surface area (Å²) in [4.78, 5) is 0. The minimum Gasteiger partial charge on any atom is -0.0801 e. The third kappa shape index (κ3) is 1.67. The maximum Gasteiger partial charge on any atom is 0.0171 e. The molecule has 1 aromatic rings. The fraction of sp³-hybridized carbons (Fsp3) is 0.111. The Morgan fingerprint density at radius 3 is 2.64 bits per heavy atom. The first kappa shape index (κ1) is 9.27. The predicted molar refractivity (Wildman–Crippen MR) is 55.3 cm³/mol. The van der Waals surface area contributed by atoms with Crippen LogP contribution in [0.4, 0.5) is 0 Å². The summed E-state index contributed by atoms with van der Waals surface area (Å²) in [5.74, 6) is 0. The molecule has 1 aliphatic rings. The van der Waals surface area contributed by atoms with E-state index in [2.05, 4.69) is 36.4 Å². The van der Waals surface area contributed by atoms with E-state index in [0.29, 0.717) is 0 Å². The Bertz CT molecular complexity index is 281. The molecule has 0 fully saturated rings. The zero-order valence-electron chi connectivity index (χ0n) is 6.04. The van der Waals surface area contributed by atoms with Gasteiger partial charge >= 0.3 is 29.6 Å². The average molecular weight is 170 g/mol. The van der Waals surface area contributed by atoms with E-state index in [9.17, 15) is 0 Å². The van der Waals surface area contributed by atoms with Gasteiger partial charge in [-0.3, -0.25) is 0 Å². The zero-order chi connectivity index (χ0) is 6.97. The topological polar surface area (TPSA) is 0 Å². The molecule has 0 spiro atoms. The van der Waals surface area contributed by atoms with E-state index in [-0.39, 0.29) is 29.6 Å². The average Bonchev–Trinajstić information content (AvgIpc) is 2.34. The summed E-state index contributed by atoms with van der Waals surface area (Å²) in [6, 6.07) is 8.64. The van der Waals surface area contributed by atoms with Crippen molar-refractivity contribution < 1.29 is 0 Å². The largest absolute Gasteiger partial charge is 0.0801 e. The molecule has 0 N–H and O–H groups in total. The van der Waals surface area contributed by atoms with Crippen molar-refractivity contribution in [2.75, 3.05) is 0 Å². The first-order chi connectivity index (χ1) is 4.88. The standard InChI is InChI=1S/C9H10Si.Na.H/c10-9-6-5-7-3-1-2-4-8(7)9;;/h1-6,9H,10H3;;. The van der Waals surface area contributed by atoms with Gasteiger partial charge < -0.3 is 0 Å². The van der Waals surface area contributed by atoms with Crippen LogP contribution in [0, 0.1) is 0 Å². The van der Waals surface area contributed by atoms with E-state index >= 15 is 0 Å². The van der Waals surface area contributed by atoms with E-state index in [0.717, 1.165) is 5.54 Å². The van der Waals surface area contributed by atoms with Gasteiger partial charge in [-0.15, -0.1) is 0 Å². The van der Waals surface area contributed by atoms with Gasteiger partial charge in [-0.2, -0.15) is 0 Å². The molecule has 0 saturated heterocycles. The second-order valence-corrected chi connectivity index (χ2v) is 4.02. The molecule has 1 aromatic carbocycles. The van der Waals surface area contributed by atoms with Gasteiger partial charge in [0.05, 0.1) is 0 Å². The van der Waals surface area contributed by atoms with Crippen molar-refractivity contribution in [1.29, 1.82) is 0 Å². The fourth-order valence-electron chi connectivity index (χ4n) is 1.43. The fourth-order valence-corrected chi connectivity index (χ4v) is 2.15. The van der Waals surface area contributed by atoms with Gasteiger partial charge in [0.15, 0.2) is 0 Å². The summed E-state index contributed by atoms with van der Waals surface area (Å²) in [5, 5.41) is 0. The number of rotatable bonds is 0. The number of hydrogen-bond acceptors (Lipinski definition) is 0. The second kappa shape index (κ2) is 3.72. The normalized spacial score (nSPS) is 19.5. The summed E-state index contributed by atoms with van der Waals surface area (Å²) in [6.45, 7) is 0. The zero-order valence-corrected chi connectivity index (χ0v) is 8.04. The SMILES string of the molecule is [NaH].[SiH3]C1C=Cc2ccccc21. The predicted octanol–water partition coefficient (Wildman–Crippen LogP) is 0.471. The van der Waals surface area contributed by atoms with Crippen LogP contribution < -0.4 is 0 Å². The first-order valence-electron chi connectivity index (χ1n) is 3.65. The summed E-state index contributed by atoms with van der Waals surface area (Å²) < 4.78 is 0. The van der Waals surface area contributed by atoms with Gasteiger partial charge in [-0.05, 0) is 16.7 Å². The number of allylic oxidation sites excluding steroid dienone is 1. The molecule has 2 heteroatoms. The van der Waals surface area contributed by atoms with Gasteiger partial charge in [-0.25, -0.2) is 0 Å². The first-order valence-corrected chi connectivity index (χ1v) is 4.80. The van der Waals surface area contributed by atoms with E-state index in [1.807, 2.05) is 0 Å². The second-order valence-electron chi connectivity index (χ2n) is 2.78. The molecule has 0 amide bonds. The van der Waals surface area contributed by atoms with Crippen molar-refractivity contribution in [2.24, 2.45) is 0 Å². The molecule has 1 atom stereocenters. The summed E-state index contributed by atoms with van der Waals surface area (Å²) in [7, 11) is 1.24. The molecule has 0 nitrogen and oxygen atoms in total. The molecule has 0 heterocycles. The molecule has 11 heavy (non-hydrogen) atoms. The molecule has 1 unspecified atom stereocenters. The Labute approximate surface area is 92.4 Å². The maximum atomic E-state index is 2.30. The van der Waals surface area contributed by atoms with E-state index in [1.54, 1.807) is 0 Å². The molecule has 52 valence electrons. The van der Waals surface area contributed by atoms with Crippen LogP contribution in [0.5, 0.6) is 0 Å². The van der Waals surface area contributed by atoms with E-state index in [4.69, 9.17) is 0 Å². The van der Waals surface area contributed by atoms with Crippen LogP contribution in [-0.4, -0.2) is 39.8 Å². The minimum absolute atomic E-state index is 0. The van der Waals surface area contributed by atoms with Crippen LogP contribution in [-0.2, 0) is 0 Å². The third-order valence-corrected chi connectivity index (χ3v) is 3.06. The summed E-state index contributed by atoms with van der Waals surface area (Å²) in [6.07, 6.45) is 4.53. The molecule has 0 radical (unpaired) electrons. The van der Waals surface area contributed by atoms with Crippen molar-refractivity contribution in [3.63, 3.8) is 0 Å². The molecule has 0 bridgehead atoms. The van der Waals surface area contributed by atoms with Crippen molar-refractivity contribution in [3.8, 4) is 0 Å². The Morgan fingerprint density at radius 2 is 1.91 bits per heavy atom. The molecule has 1 aliphatic carbocycles. The summed E-state index contributed by atoms with van der Waals surface area (Å²) in [5.41, 5.74) is 3.70. The summed E-state index contributed by atoms with van der Waals surface area (Å²) >= 11 is 0. The quantitative estimate of drug-likeness (QED) is 0.497. The minimum atomic E-state index is 0. The Kier molecular flexibility index (Phi) is 3.13. The van der Waals surface area contributed by atoms with Crippen LogP contribution >= 0.6 is 0 Å². The molecule has 0 aromatic heterocycles. The third-order valence-electron chi connectivity index (χ3n) is 2.05. The smallest absolute Gasteiger partial charge is 0.0171 e.